The molecule has 0 radical (unpaired) electrons. The van der Waals surface area contributed by atoms with Gasteiger partial charge in [-0.3, -0.25) is 4.98 Å². The van der Waals surface area contributed by atoms with E-state index in [1.807, 2.05) is 0 Å². The first-order valence-electron chi connectivity index (χ1n) is 5.65. The van der Waals surface area contributed by atoms with Crippen molar-refractivity contribution in [1.29, 1.82) is 0 Å². The summed E-state index contributed by atoms with van der Waals surface area (Å²) in [6.45, 7) is 0. The Morgan fingerprint density at radius 3 is 2.71 bits per heavy atom. The summed E-state index contributed by atoms with van der Waals surface area (Å²) in [7, 11) is 0. The van der Waals surface area contributed by atoms with Crippen molar-refractivity contribution in [1.82, 2.24) is 9.97 Å². The highest BCUT2D eigenvalue weighted by Gasteiger charge is 2.42. The van der Waals surface area contributed by atoms with Gasteiger partial charge in [-0.25, -0.2) is 4.98 Å². The summed E-state index contributed by atoms with van der Waals surface area (Å²) >= 11 is 0. The van der Waals surface area contributed by atoms with Crippen LogP contribution in [0.5, 0.6) is 0 Å². The van der Waals surface area contributed by atoms with Crippen molar-refractivity contribution in [2.24, 2.45) is 5.92 Å². The van der Waals surface area contributed by atoms with E-state index in [9.17, 15) is 13.2 Å². The van der Waals surface area contributed by atoms with Gasteiger partial charge in [-0.1, -0.05) is 6.42 Å². The lowest BCUT2D eigenvalue weighted by Crippen LogP contribution is -2.34. The Morgan fingerprint density at radius 2 is 2.06 bits per heavy atom. The standard InChI is InChI=1S/C11H14F3N3/c12-11(13,14)8-2-1-3-9(6-8)17-10-7-15-4-5-16-10/h4-5,7-9H,1-3,6H2,(H,16,17). The third-order valence-electron chi connectivity index (χ3n) is 3.05. The van der Waals surface area contributed by atoms with Crippen LogP contribution in [0.3, 0.4) is 0 Å². The SMILES string of the molecule is FC(F)(F)C1CCCC(Nc2cnccn2)C1. The van der Waals surface area contributed by atoms with Crippen molar-refractivity contribution in [2.75, 3.05) is 5.32 Å². The normalized spacial score (nSPS) is 25.6. The summed E-state index contributed by atoms with van der Waals surface area (Å²) < 4.78 is 37.8. The zero-order chi connectivity index (χ0) is 12.3. The Labute approximate surface area is 97.5 Å². The minimum atomic E-state index is -4.08. The van der Waals surface area contributed by atoms with Crippen LogP contribution in [0.4, 0.5) is 19.0 Å². The van der Waals surface area contributed by atoms with E-state index in [1.54, 1.807) is 0 Å². The van der Waals surface area contributed by atoms with Gasteiger partial charge in [-0.05, 0) is 19.3 Å². The van der Waals surface area contributed by atoms with Crippen LogP contribution in [0.1, 0.15) is 25.7 Å². The second-order valence-electron chi connectivity index (χ2n) is 4.34. The Bertz CT molecular complexity index is 353. The summed E-state index contributed by atoms with van der Waals surface area (Å²) in [6.07, 6.45) is 2.21. The molecule has 94 valence electrons. The number of aromatic nitrogens is 2. The molecule has 17 heavy (non-hydrogen) atoms. The zero-order valence-corrected chi connectivity index (χ0v) is 9.24. The maximum absolute atomic E-state index is 12.6. The Balaban J connectivity index is 1.94. The van der Waals surface area contributed by atoms with E-state index >= 15 is 0 Å². The monoisotopic (exact) mass is 245 g/mol. The van der Waals surface area contributed by atoms with Crippen LogP contribution >= 0.6 is 0 Å². The van der Waals surface area contributed by atoms with Crippen LogP contribution in [-0.2, 0) is 0 Å². The van der Waals surface area contributed by atoms with Gasteiger partial charge in [0.05, 0.1) is 12.1 Å². The van der Waals surface area contributed by atoms with Crippen LogP contribution in [0.2, 0.25) is 0 Å². The molecule has 0 aromatic carbocycles. The molecule has 0 spiro atoms. The second kappa shape index (κ2) is 4.89. The minimum absolute atomic E-state index is 0.125. The van der Waals surface area contributed by atoms with Crippen molar-refractivity contribution < 1.29 is 13.2 Å². The first-order chi connectivity index (χ1) is 8.05. The van der Waals surface area contributed by atoms with Crippen molar-refractivity contribution in [3.05, 3.63) is 18.6 Å². The van der Waals surface area contributed by atoms with Gasteiger partial charge in [0.2, 0.25) is 0 Å². The molecule has 1 aromatic rings. The van der Waals surface area contributed by atoms with Crippen LogP contribution < -0.4 is 5.32 Å². The maximum Gasteiger partial charge on any atom is 0.391 e. The molecule has 2 unspecified atom stereocenters. The third kappa shape index (κ3) is 3.31. The molecule has 0 amide bonds. The molecule has 1 aromatic heterocycles. The lowest BCUT2D eigenvalue weighted by molar-refractivity contribution is -0.182. The van der Waals surface area contributed by atoms with Gasteiger partial charge in [0.15, 0.2) is 0 Å². The fourth-order valence-electron chi connectivity index (χ4n) is 2.20. The zero-order valence-electron chi connectivity index (χ0n) is 9.24. The molecule has 2 rings (SSSR count). The topological polar surface area (TPSA) is 37.8 Å². The second-order valence-corrected chi connectivity index (χ2v) is 4.34. The van der Waals surface area contributed by atoms with Crippen molar-refractivity contribution in [2.45, 2.75) is 37.9 Å². The first kappa shape index (κ1) is 12.1. The van der Waals surface area contributed by atoms with Gasteiger partial charge >= 0.3 is 6.18 Å². The van der Waals surface area contributed by atoms with E-state index in [2.05, 4.69) is 15.3 Å². The maximum atomic E-state index is 12.6. The van der Waals surface area contributed by atoms with Crippen LogP contribution in [0, 0.1) is 5.92 Å². The summed E-state index contributed by atoms with van der Waals surface area (Å²) in [6, 6.07) is -0.160. The lowest BCUT2D eigenvalue weighted by atomic mass is 9.85. The molecule has 0 bridgehead atoms. The highest BCUT2D eigenvalue weighted by atomic mass is 19.4. The van der Waals surface area contributed by atoms with E-state index < -0.39 is 12.1 Å². The molecule has 1 heterocycles. The number of rotatable bonds is 2. The highest BCUT2D eigenvalue weighted by Crippen LogP contribution is 2.38. The summed E-state index contributed by atoms with van der Waals surface area (Å²) in [4.78, 5) is 7.88. The molecular formula is C11H14F3N3. The Hall–Kier alpha value is -1.33. The van der Waals surface area contributed by atoms with E-state index in [0.717, 1.165) is 6.42 Å². The number of hydrogen-bond donors (Lipinski definition) is 1. The van der Waals surface area contributed by atoms with Crippen LogP contribution in [-0.4, -0.2) is 22.2 Å². The summed E-state index contributed by atoms with van der Waals surface area (Å²) in [5.74, 6) is -0.647. The molecular weight excluding hydrogens is 231 g/mol. The lowest BCUT2D eigenvalue weighted by Gasteiger charge is -2.31. The van der Waals surface area contributed by atoms with E-state index in [1.165, 1.54) is 18.6 Å². The number of hydrogen-bond acceptors (Lipinski definition) is 3. The van der Waals surface area contributed by atoms with Crippen molar-refractivity contribution in [3.8, 4) is 0 Å². The van der Waals surface area contributed by atoms with Crippen molar-refractivity contribution in [3.63, 3.8) is 0 Å². The summed E-state index contributed by atoms with van der Waals surface area (Å²) in [5, 5.41) is 3.01. The predicted molar refractivity (Wildman–Crippen MR) is 57.5 cm³/mol. The number of nitrogens with one attached hydrogen (secondary N) is 1. The average Bonchev–Trinajstić information content (AvgIpc) is 2.29. The van der Waals surface area contributed by atoms with E-state index in [-0.39, 0.29) is 18.9 Å². The molecule has 0 saturated heterocycles. The largest absolute Gasteiger partial charge is 0.391 e. The number of alkyl halides is 3. The average molecular weight is 245 g/mol. The molecule has 0 aliphatic heterocycles. The fraction of sp³-hybridized carbons (Fsp3) is 0.636. The van der Waals surface area contributed by atoms with E-state index in [0.29, 0.717) is 12.2 Å². The quantitative estimate of drug-likeness (QED) is 0.870. The fourth-order valence-corrected chi connectivity index (χ4v) is 2.20. The van der Waals surface area contributed by atoms with Gasteiger partial charge in [0, 0.05) is 18.4 Å². The van der Waals surface area contributed by atoms with Gasteiger partial charge in [-0.15, -0.1) is 0 Å². The van der Waals surface area contributed by atoms with Crippen molar-refractivity contribution >= 4 is 5.82 Å². The van der Waals surface area contributed by atoms with E-state index in [4.69, 9.17) is 0 Å². The minimum Gasteiger partial charge on any atom is -0.366 e. The molecule has 1 aliphatic rings. The van der Waals surface area contributed by atoms with Crippen LogP contribution in [0.25, 0.3) is 0 Å². The predicted octanol–water partition coefficient (Wildman–Crippen LogP) is 3.01. The third-order valence-corrected chi connectivity index (χ3v) is 3.05. The Kier molecular flexibility index (Phi) is 3.49. The number of nitrogens with zero attached hydrogens (tertiary/aromatic N) is 2. The van der Waals surface area contributed by atoms with Gasteiger partial charge < -0.3 is 5.32 Å². The number of anilines is 1. The molecule has 1 N–H and O–H groups in total. The molecule has 3 nitrogen and oxygen atoms in total. The molecule has 2 atom stereocenters. The molecule has 1 saturated carbocycles. The molecule has 1 fully saturated rings. The number of halogens is 3. The first-order valence-corrected chi connectivity index (χ1v) is 5.65. The molecule has 1 aliphatic carbocycles. The smallest absolute Gasteiger partial charge is 0.366 e. The highest BCUT2D eigenvalue weighted by molar-refractivity contribution is 5.31. The Morgan fingerprint density at radius 1 is 1.24 bits per heavy atom. The van der Waals surface area contributed by atoms with Gasteiger partial charge in [0.1, 0.15) is 5.82 Å². The van der Waals surface area contributed by atoms with Gasteiger partial charge in [0.25, 0.3) is 0 Å². The summed E-state index contributed by atoms with van der Waals surface area (Å²) in [5.41, 5.74) is 0. The van der Waals surface area contributed by atoms with Crippen LogP contribution in [0.15, 0.2) is 18.6 Å². The van der Waals surface area contributed by atoms with Gasteiger partial charge in [-0.2, -0.15) is 13.2 Å². The molecule has 6 heteroatoms.